The molecule has 2 aromatic rings. The first-order valence-electron chi connectivity index (χ1n) is 4.75. The van der Waals surface area contributed by atoms with Crippen LogP contribution >= 0.6 is 0 Å². The monoisotopic (exact) mass is 257 g/mol. The third kappa shape index (κ3) is 2.06. The third-order valence-electron chi connectivity index (χ3n) is 2.29. The van der Waals surface area contributed by atoms with Crippen LogP contribution in [-0.2, 0) is 6.18 Å². The fraction of sp³-hybridized carbons (Fsp3) is 0.0909. The molecule has 1 aromatic heterocycles. The van der Waals surface area contributed by atoms with E-state index in [1.54, 1.807) is 0 Å². The summed E-state index contributed by atoms with van der Waals surface area (Å²) in [5.74, 6) is -1.45. The number of carbonyl (C=O) groups is 1. The summed E-state index contributed by atoms with van der Waals surface area (Å²) in [4.78, 5) is 10.8. The first-order chi connectivity index (χ1) is 8.41. The molecule has 0 aliphatic heterocycles. The van der Waals surface area contributed by atoms with E-state index in [2.05, 4.69) is 9.68 Å². The Morgan fingerprint density at radius 1 is 1.22 bits per heavy atom. The number of nitrogens with zero attached hydrogens (tertiary/aromatic N) is 1. The highest BCUT2D eigenvalue weighted by Crippen LogP contribution is 2.37. The number of aromatic nitrogens is 1. The van der Waals surface area contributed by atoms with E-state index in [1.165, 1.54) is 18.2 Å². The van der Waals surface area contributed by atoms with Crippen molar-refractivity contribution in [2.75, 3.05) is 0 Å². The van der Waals surface area contributed by atoms with Gasteiger partial charge < -0.3 is 9.63 Å². The number of halogens is 3. The lowest BCUT2D eigenvalue weighted by molar-refractivity contribution is -0.137. The van der Waals surface area contributed by atoms with Gasteiger partial charge in [0.05, 0.1) is 11.1 Å². The number of hydrogen-bond acceptors (Lipinski definition) is 3. The van der Waals surface area contributed by atoms with E-state index in [9.17, 15) is 18.0 Å². The standard InChI is InChI=1S/C11H6F3NO3/c12-11(13,14)8-4-2-1-3-6(8)7-5-18-15-9(7)10(16)17/h1-5H,(H,16,17). The highest BCUT2D eigenvalue weighted by molar-refractivity contribution is 5.94. The van der Waals surface area contributed by atoms with Crippen molar-refractivity contribution in [1.29, 1.82) is 0 Å². The van der Waals surface area contributed by atoms with Gasteiger partial charge in [-0.2, -0.15) is 13.2 Å². The van der Waals surface area contributed by atoms with Crippen LogP contribution in [0.4, 0.5) is 13.2 Å². The summed E-state index contributed by atoms with van der Waals surface area (Å²) in [6.45, 7) is 0. The predicted octanol–water partition coefficient (Wildman–Crippen LogP) is 3.06. The van der Waals surface area contributed by atoms with E-state index in [0.29, 0.717) is 0 Å². The number of benzene rings is 1. The predicted molar refractivity (Wildman–Crippen MR) is 53.9 cm³/mol. The highest BCUT2D eigenvalue weighted by Gasteiger charge is 2.34. The number of carboxylic acid groups (broad SMARTS) is 1. The normalized spacial score (nSPS) is 11.5. The Labute approximate surface area is 98.6 Å². The van der Waals surface area contributed by atoms with E-state index in [1.807, 2.05) is 0 Å². The van der Waals surface area contributed by atoms with Crippen LogP contribution in [0.15, 0.2) is 35.1 Å². The number of rotatable bonds is 2. The molecule has 0 saturated carbocycles. The molecule has 0 atom stereocenters. The molecular weight excluding hydrogens is 251 g/mol. The van der Waals surface area contributed by atoms with Gasteiger partial charge >= 0.3 is 12.1 Å². The molecule has 0 saturated heterocycles. The number of carboxylic acids is 1. The topological polar surface area (TPSA) is 63.3 Å². The van der Waals surface area contributed by atoms with E-state index in [4.69, 9.17) is 5.11 Å². The minimum absolute atomic E-state index is 0.199. The van der Waals surface area contributed by atoms with E-state index in [0.717, 1.165) is 12.3 Å². The number of hydrogen-bond donors (Lipinski definition) is 1. The number of aromatic carboxylic acids is 1. The smallest absolute Gasteiger partial charge is 0.417 e. The van der Waals surface area contributed by atoms with Crippen molar-refractivity contribution in [3.05, 3.63) is 41.8 Å². The van der Waals surface area contributed by atoms with Crippen LogP contribution in [0, 0.1) is 0 Å². The molecule has 1 N–H and O–H groups in total. The fourth-order valence-electron chi connectivity index (χ4n) is 1.55. The van der Waals surface area contributed by atoms with E-state index >= 15 is 0 Å². The maximum Gasteiger partial charge on any atom is 0.417 e. The maximum atomic E-state index is 12.8. The Kier molecular flexibility index (Phi) is 2.82. The van der Waals surface area contributed by atoms with Crippen molar-refractivity contribution in [3.8, 4) is 11.1 Å². The van der Waals surface area contributed by atoms with Crippen LogP contribution in [0.5, 0.6) is 0 Å². The summed E-state index contributed by atoms with van der Waals surface area (Å²) >= 11 is 0. The molecule has 0 radical (unpaired) electrons. The van der Waals surface area contributed by atoms with Gasteiger partial charge in [0, 0.05) is 0 Å². The molecule has 0 spiro atoms. The zero-order valence-corrected chi connectivity index (χ0v) is 8.73. The molecule has 0 unspecified atom stereocenters. The summed E-state index contributed by atoms with van der Waals surface area (Å²) in [7, 11) is 0. The van der Waals surface area contributed by atoms with Crippen LogP contribution in [0.3, 0.4) is 0 Å². The zero-order valence-electron chi connectivity index (χ0n) is 8.73. The second kappa shape index (κ2) is 4.17. The summed E-state index contributed by atoms with van der Waals surface area (Å²) < 4.78 is 42.8. The first-order valence-corrected chi connectivity index (χ1v) is 4.75. The van der Waals surface area contributed by atoms with Crippen molar-refractivity contribution in [2.24, 2.45) is 0 Å². The molecule has 94 valence electrons. The lowest BCUT2D eigenvalue weighted by atomic mass is 10.00. The average molecular weight is 257 g/mol. The second-order valence-corrected chi connectivity index (χ2v) is 3.43. The van der Waals surface area contributed by atoms with Crippen molar-refractivity contribution in [2.45, 2.75) is 6.18 Å². The van der Waals surface area contributed by atoms with Crippen LogP contribution in [0.1, 0.15) is 16.1 Å². The molecule has 2 rings (SSSR count). The van der Waals surface area contributed by atoms with E-state index < -0.39 is 23.4 Å². The van der Waals surface area contributed by atoms with Crippen molar-refractivity contribution in [1.82, 2.24) is 5.16 Å². The van der Waals surface area contributed by atoms with Gasteiger partial charge in [-0.3, -0.25) is 0 Å². The van der Waals surface area contributed by atoms with Crippen molar-refractivity contribution in [3.63, 3.8) is 0 Å². The summed E-state index contributed by atoms with van der Waals surface area (Å²) in [6, 6.07) is 4.64. The van der Waals surface area contributed by atoms with Gasteiger partial charge in [-0.05, 0) is 11.6 Å². The molecule has 0 aliphatic rings. The Hall–Kier alpha value is -2.31. The first kappa shape index (κ1) is 12.2. The molecule has 18 heavy (non-hydrogen) atoms. The van der Waals surface area contributed by atoms with Crippen molar-refractivity contribution < 1.29 is 27.6 Å². The van der Waals surface area contributed by atoms with Crippen LogP contribution in [0.2, 0.25) is 0 Å². The minimum atomic E-state index is -4.58. The van der Waals surface area contributed by atoms with Crippen LogP contribution in [0.25, 0.3) is 11.1 Å². The van der Waals surface area contributed by atoms with Gasteiger partial charge in [0.1, 0.15) is 6.26 Å². The third-order valence-corrected chi connectivity index (χ3v) is 2.29. The van der Waals surface area contributed by atoms with Gasteiger partial charge in [-0.25, -0.2) is 4.79 Å². The summed E-state index contributed by atoms with van der Waals surface area (Å²) in [6.07, 6.45) is -3.70. The van der Waals surface area contributed by atoms with Gasteiger partial charge in [-0.15, -0.1) is 0 Å². The maximum absolute atomic E-state index is 12.8. The molecule has 1 aromatic carbocycles. The molecule has 0 aliphatic carbocycles. The van der Waals surface area contributed by atoms with Gasteiger partial charge in [0.25, 0.3) is 0 Å². The SMILES string of the molecule is O=C(O)c1nocc1-c1ccccc1C(F)(F)F. The van der Waals surface area contributed by atoms with Gasteiger partial charge in [0.15, 0.2) is 5.69 Å². The van der Waals surface area contributed by atoms with Crippen LogP contribution in [-0.4, -0.2) is 16.2 Å². The lowest BCUT2D eigenvalue weighted by Gasteiger charge is -2.11. The Morgan fingerprint density at radius 3 is 2.50 bits per heavy atom. The molecule has 0 amide bonds. The molecule has 4 nitrogen and oxygen atoms in total. The average Bonchev–Trinajstić information content (AvgIpc) is 2.76. The Bertz CT molecular complexity index is 589. The quantitative estimate of drug-likeness (QED) is 0.897. The molecule has 7 heteroatoms. The van der Waals surface area contributed by atoms with Crippen LogP contribution < -0.4 is 0 Å². The van der Waals surface area contributed by atoms with E-state index in [-0.39, 0.29) is 11.1 Å². The van der Waals surface area contributed by atoms with Gasteiger partial charge in [0.2, 0.25) is 0 Å². The Morgan fingerprint density at radius 2 is 1.89 bits per heavy atom. The molecule has 1 heterocycles. The summed E-state index contributed by atoms with van der Waals surface area (Å²) in [5, 5.41) is 12.0. The molecule has 0 fully saturated rings. The molecule has 0 bridgehead atoms. The van der Waals surface area contributed by atoms with Gasteiger partial charge in [-0.1, -0.05) is 23.4 Å². The zero-order chi connectivity index (χ0) is 13.3. The largest absolute Gasteiger partial charge is 0.476 e. The Balaban J connectivity index is 2.65. The van der Waals surface area contributed by atoms with Crippen molar-refractivity contribution >= 4 is 5.97 Å². The minimum Gasteiger partial charge on any atom is -0.476 e. The second-order valence-electron chi connectivity index (χ2n) is 3.43. The molecular formula is C11H6F3NO3. The highest BCUT2D eigenvalue weighted by atomic mass is 19.4. The summed E-state index contributed by atoms with van der Waals surface area (Å²) in [5.41, 5.74) is -1.96. The number of alkyl halides is 3. The fourth-order valence-corrected chi connectivity index (χ4v) is 1.55. The lowest BCUT2D eigenvalue weighted by Crippen LogP contribution is -2.08.